The number of allylic oxidation sites excluding steroid dienone is 1. The monoisotopic (exact) mass is 517 g/mol. The van der Waals surface area contributed by atoms with Crippen LogP contribution in [-0.4, -0.2) is 35.6 Å². The third-order valence-corrected chi connectivity index (χ3v) is 1.67. The third kappa shape index (κ3) is 16.3. The molecule has 0 aliphatic carbocycles. The van der Waals surface area contributed by atoms with Crippen LogP contribution in [0.5, 0.6) is 0 Å². The minimum atomic E-state index is -4.77. The summed E-state index contributed by atoms with van der Waals surface area (Å²) in [5.41, 5.74) is 6.75. The van der Waals surface area contributed by atoms with Gasteiger partial charge in [-0.1, -0.05) is 0 Å². The number of carbonyl (C=O) groups excluding carboxylic acids is 1. The molecule has 0 aliphatic rings. The summed E-state index contributed by atoms with van der Waals surface area (Å²) in [6.45, 7) is 1.39. The van der Waals surface area contributed by atoms with Crippen molar-refractivity contribution >= 4 is 32.6 Å². The van der Waals surface area contributed by atoms with Crippen LogP contribution in [-0.2, 0) is 35.1 Å². The van der Waals surface area contributed by atoms with Crippen molar-refractivity contribution < 1.29 is 44.9 Å². The van der Waals surface area contributed by atoms with E-state index in [4.69, 9.17) is 34.4 Å². The van der Waals surface area contributed by atoms with Gasteiger partial charge in [-0.15, -0.1) is 0 Å². The Hall–Kier alpha value is 0.348. The number of rotatable bonds is 7. The minimum absolute atomic E-state index is 0.0764. The van der Waals surface area contributed by atoms with Crippen molar-refractivity contribution in [3.8, 4) is 0 Å². The first-order valence-electron chi connectivity index (χ1n) is 4.51. The van der Waals surface area contributed by atoms with Crippen LogP contribution in [0.4, 0.5) is 0 Å². The fourth-order valence-corrected chi connectivity index (χ4v) is 1.09. The molecule has 0 rings (SSSR count). The van der Waals surface area contributed by atoms with Crippen molar-refractivity contribution in [1.29, 1.82) is 0 Å². The second-order valence-electron chi connectivity index (χ2n) is 2.54. The number of carbonyl (C=O) groups is 1. The van der Waals surface area contributed by atoms with Crippen molar-refractivity contribution in [2.45, 2.75) is 6.92 Å². The molecule has 3 N–H and O–H groups in total. The SMILES string of the molecule is C/C=C(/OP(=O)(O)O)C(=O)OC[N-]CC[NH-].[Cl][Pt+2][Cl]. The first kappa shape index (κ1) is 21.6. The molecule has 0 unspecified atom stereocenters. The molecule has 0 amide bonds. The summed E-state index contributed by atoms with van der Waals surface area (Å²) in [4.78, 5) is 28.1. The molecular weight excluding hydrogens is 505 g/mol. The summed E-state index contributed by atoms with van der Waals surface area (Å²) < 4.78 is 19.1. The first-order valence-corrected chi connectivity index (χ1v) is 11.7. The van der Waals surface area contributed by atoms with E-state index in [0.717, 1.165) is 6.08 Å². The molecule has 0 radical (unpaired) electrons. The molecule has 0 aromatic heterocycles. The second kappa shape index (κ2) is 13.3. The molecule has 0 bridgehead atoms. The average Bonchev–Trinajstić information content (AvgIpc) is 2.31. The van der Waals surface area contributed by atoms with Gasteiger partial charge in [-0.05, 0) is 13.0 Å². The predicted molar refractivity (Wildman–Crippen MR) is 67.0 cm³/mol. The van der Waals surface area contributed by atoms with Crippen LogP contribution < -0.4 is 0 Å². The van der Waals surface area contributed by atoms with Crippen LogP contribution in [0.15, 0.2) is 11.8 Å². The molecule has 0 fully saturated rings. The fraction of sp³-hybridized carbons (Fsp3) is 0.571. The van der Waals surface area contributed by atoms with Crippen molar-refractivity contribution in [3.05, 3.63) is 22.9 Å². The van der Waals surface area contributed by atoms with E-state index in [1.54, 1.807) is 0 Å². The Balaban J connectivity index is 0. The van der Waals surface area contributed by atoms with Crippen LogP contribution in [0.3, 0.4) is 0 Å². The number of esters is 1. The molecule has 0 aliphatic heterocycles. The maximum atomic E-state index is 11.1. The van der Waals surface area contributed by atoms with Gasteiger partial charge in [0.2, 0.25) is 5.76 Å². The molecule has 0 aromatic rings. The fourth-order valence-electron chi connectivity index (χ4n) is 0.655. The van der Waals surface area contributed by atoms with E-state index >= 15 is 0 Å². The Morgan fingerprint density at radius 3 is 2.42 bits per heavy atom. The normalized spacial score (nSPS) is 11.6. The summed E-state index contributed by atoms with van der Waals surface area (Å²) in [6, 6.07) is 0. The first-order chi connectivity index (χ1) is 8.82. The number of hydrogen-bond acceptors (Lipinski definition) is 4. The van der Waals surface area contributed by atoms with E-state index in [9.17, 15) is 9.36 Å². The van der Waals surface area contributed by atoms with Gasteiger partial charge in [0.15, 0.2) is 0 Å². The second-order valence-corrected chi connectivity index (χ2v) is 6.98. The summed E-state index contributed by atoms with van der Waals surface area (Å²) in [7, 11) is 4.98. The van der Waals surface area contributed by atoms with E-state index < -0.39 is 36.0 Å². The van der Waals surface area contributed by atoms with E-state index in [-0.39, 0.29) is 19.8 Å². The van der Waals surface area contributed by atoms with Crippen LogP contribution in [0.1, 0.15) is 6.92 Å². The quantitative estimate of drug-likeness (QED) is 0.175. The van der Waals surface area contributed by atoms with Crippen molar-refractivity contribution in [2.75, 3.05) is 19.8 Å². The Bertz CT molecular complexity index is 327. The molecule has 8 nitrogen and oxygen atoms in total. The Kier molecular flexibility index (Phi) is 15.2. The van der Waals surface area contributed by atoms with Gasteiger partial charge in [0.25, 0.3) is 0 Å². The van der Waals surface area contributed by atoms with Crippen molar-refractivity contribution in [1.82, 2.24) is 0 Å². The molecule has 0 saturated carbocycles. The topological polar surface area (TPSA) is 131 Å². The maximum absolute atomic E-state index is 11.1. The Morgan fingerprint density at radius 2 is 2.05 bits per heavy atom. The van der Waals surface area contributed by atoms with Gasteiger partial charge in [0.1, 0.15) is 0 Å². The summed E-state index contributed by atoms with van der Waals surface area (Å²) >= 11 is -0.472. The zero-order chi connectivity index (χ0) is 15.3. The van der Waals surface area contributed by atoms with Gasteiger partial charge in [-0.3, -0.25) is 9.79 Å². The number of ether oxygens (including phenoxy) is 1. The van der Waals surface area contributed by atoms with Crippen LogP contribution in [0.25, 0.3) is 11.1 Å². The Labute approximate surface area is 127 Å². The van der Waals surface area contributed by atoms with Crippen LogP contribution >= 0.6 is 26.7 Å². The molecule has 0 aromatic carbocycles. The number of phosphoric acid groups is 1. The number of nitrogens with zero attached hydrogens (tertiary/aromatic N) is 1. The average molecular weight is 518 g/mol. The van der Waals surface area contributed by atoms with Crippen LogP contribution in [0, 0.1) is 0 Å². The number of halogens is 2. The number of phosphoric ester groups is 1. The molecule has 116 valence electrons. The molecule has 0 saturated heterocycles. The third-order valence-electron chi connectivity index (χ3n) is 1.24. The zero-order valence-electron chi connectivity index (χ0n) is 9.69. The number of hydrogen-bond donors (Lipinski definition) is 2. The van der Waals surface area contributed by atoms with Crippen molar-refractivity contribution in [3.63, 3.8) is 0 Å². The van der Waals surface area contributed by atoms with Gasteiger partial charge in [0, 0.05) is 6.73 Å². The molecule has 0 atom stereocenters. The van der Waals surface area contributed by atoms with Crippen molar-refractivity contribution in [2.24, 2.45) is 0 Å². The van der Waals surface area contributed by atoms with Gasteiger partial charge in [0.05, 0.1) is 0 Å². The summed E-state index contributed by atoms with van der Waals surface area (Å²) in [6.07, 6.45) is 1.08. The van der Waals surface area contributed by atoms with Gasteiger partial charge in [-0.25, -0.2) is 9.36 Å². The summed E-state index contributed by atoms with van der Waals surface area (Å²) in [5.74, 6) is -1.59. The van der Waals surface area contributed by atoms with E-state index in [1.165, 1.54) is 6.92 Å². The zero-order valence-corrected chi connectivity index (χ0v) is 14.4. The summed E-state index contributed by atoms with van der Waals surface area (Å²) in [5, 5.41) is 3.64. The molecule has 0 spiro atoms. The Morgan fingerprint density at radius 1 is 1.53 bits per heavy atom. The molecule has 0 heterocycles. The van der Waals surface area contributed by atoms with E-state index in [2.05, 4.69) is 14.6 Å². The predicted octanol–water partition coefficient (Wildman–Crippen LogP) is 2.30. The van der Waals surface area contributed by atoms with Crippen LogP contribution in [0.2, 0.25) is 0 Å². The molecule has 19 heavy (non-hydrogen) atoms. The van der Waals surface area contributed by atoms with Gasteiger partial charge >= 0.3 is 49.1 Å². The number of nitrogens with one attached hydrogen (secondary N) is 1. The molecule has 12 heteroatoms. The van der Waals surface area contributed by atoms with E-state index in [1.807, 2.05) is 0 Å². The standard InChI is InChI=1S/C7H13N2O6P.2ClH.Pt/c1-2-6(15-16(11,12)13)7(10)14-5-9-4-3-8;;;/h2,8H,3-5H2,1H3,(H2,11,12,13);2*1H;/q-2;;;+4/p-2/b6-2+;;;. The van der Waals surface area contributed by atoms with E-state index in [0.29, 0.717) is 0 Å². The van der Waals surface area contributed by atoms with Gasteiger partial charge < -0.3 is 20.3 Å². The van der Waals surface area contributed by atoms with Gasteiger partial charge in [-0.2, -0.15) is 13.1 Å². The molecular formula is C7H13Cl2N2O6PPt.